The number of carbonyl (C=O) groups excluding carboxylic acids is 1. The Hall–Kier alpha value is -2.68. The van der Waals surface area contributed by atoms with Gasteiger partial charge in [-0.25, -0.2) is 14.1 Å². The van der Waals surface area contributed by atoms with Gasteiger partial charge in [0.05, 0.1) is 28.0 Å². The third-order valence-electron chi connectivity index (χ3n) is 5.00. The van der Waals surface area contributed by atoms with Crippen LogP contribution >= 0.6 is 23.2 Å². The van der Waals surface area contributed by atoms with Gasteiger partial charge in [-0.3, -0.25) is 9.69 Å². The van der Waals surface area contributed by atoms with Crippen LogP contribution in [0.15, 0.2) is 42.6 Å². The molecule has 0 spiro atoms. The van der Waals surface area contributed by atoms with Gasteiger partial charge in [0.25, 0.3) is 0 Å². The fourth-order valence-electron chi connectivity index (χ4n) is 3.51. The molecule has 1 aliphatic heterocycles. The number of hydrogen-bond donors (Lipinski definition) is 1. The van der Waals surface area contributed by atoms with Crippen molar-refractivity contribution in [2.45, 2.75) is 6.92 Å². The zero-order valence-electron chi connectivity index (χ0n) is 16.9. The van der Waals surface area contributed by atoms with Crippen molar-refractivity contribution in [3.8, 4) is 5.69 Å². The Morgan fingerprint density at radius 1 is 1.13 bits per heavy atom. The van der Waals surface area contributed by atoms with Crippen molar-refractivity contribution in [3.63, 3.8) is 0 Å². The molecule has 0 radical (unpaired) electrons. The molecule has 31 heavy (non-hydrogen) atoms. The molecule has 4 rings (SSSR count). The van der Waals surface area contributed by atoms with Crippen LogP contribution in [0.5, 0.6) is 0 Å². The molecule has 1 N–H and O–H groups in total. The number of halogens is 3. The van der Waals surface area contributed by atoms with Crippen molar-refractivity contribution in [2.24, 2.45) is 0 Å². The lowest BCUT2D eigenvalue weighted by atomic mass is 10.3. The van der Waals surface area contributed by atoms with Gasteiger partial charge >= 0.3 is 0 Å². The smallest absolute Gasteiger partial charge is 0.239 e. The van der Waals surface area contributed by atoms with Crippen LogP contribution in [0, 0.1) is 12.7 Å². The topological polar surface area (TPSA) is 66.3 Å². The maximum atomic E-state index is 13.2. The first kappa shape index (κ1) is 21.5. The zero-order valence-corrected chi connectivity index (χ0v) is 18.4. The number of hydrogen-bond acceptors (Lipinski definition) is 5. The highest BCUT2D eigenvalue weighted by Crippen LogP contribution is 2.26. The first-order valence-electron chi connectivity index (χ1n) is 9.80. The SMILES string of the molecule is Cc1cc(NC(=O)CN2CCN(c3ncc(Cl)cc3Cl)CC2)n(-c2ccc(F)cc2)n1. The van der Waals surface area contributed by atoms with Crippen LogP contribution in [0.25, 0.3) is 5.69 Å². The van der Waals surface area contributed by atoms with Crippen molar-refractivity contribution in [1.29, 1.82) is 0 Å². The maximum Gasteiger partial charge on any atom is 0.239 e. The summed E-state index contributed by atoms with van der Waals surface area (Å²) in [5.74, 6) is 0.783. The fourth-order valence-corrected chi connectivity index (χ4v) is 4.01. The molecule has 0 bridgehead atoms. The van der Waals surface area contributed by atoms with Crippen molar-refractivity contribution < 1.29 is 9.18 Å². The van der Waals surface area contributed by atoms with E-state index in [0.717, 1.165) is 5.69 Å². The Labute approximate surface area is 189 Å². The quantitative estimate of drug-likeness (QED) is 0.624. The zero-order chi connectivity index (χ0) is 22.0. The summed E-state index contributed by atoms with van der Waals surface area (Å²) < 4.78 is 14.8. The Bertz CT molecular complexity index is 1080. The number of anilines is 2. The Morgan fingerprint density at radius 3 is 2.52 bits per heavy atom. The van der Waals surface area contributed by atoms with Gasteiger partial charge in [-0.05, 0) is 37.3 Å². The van der Waals surface area contributed by atoms with Gasteiger partial charge in [0.2, 0.25) is 5.91 Å². The molecule has 1 aromatic carbocycles. The van der Waals surface area contributed by atoms with E-state index in [4.69, 9.17) is 23.2 Å². The number of nitrogens with one attached hydrogen (secondary N) is 1. The highest BCUT2D eigenvalue weighted by Gasteiger charge is 2.22. The predicted molar refractivity (Wildman–Crippen MR) is 120 cm³/mol. The molecule has 1 aliphatic rings. The second-order valence-corrected chi connectivity index (χ2v) is 8.17. The molecule has 0 atom stereocenters. The summed E-state index contributed by atoms with van der Waals surface area (Å²) in [6.07, 6.45) is 1.58. The molecule has 2 aromatic heterocycles. The Morgan fingerprint density at radius 2 is 1.84 bits per heavy atom. The van der Waals surface area contributed by atoms with E-state index in [9.17, 15) is 9.18 Å². The van der Waals surface area contributed by atoms with Crippen LogP contribution in [0.1, 0.15) is 5.69 Å². The molecule has 1 saturated heterocycles. The summed E-state index contributed by atoms with van der Waals surface area (Å²) in [7, 11) is 0. The third-order valence-corrected chi connectivity index (χ3v) is 5.48. The molecule has 0 aliphatic carbocycles. The number of amides is 1. The van der Waals surface area contributed by atoms with E-state index in [-0.39, 0.29) is 18.3 Å². The molecular weight excluding hydrogens is 442 g/mol. The lowest BCUT2D eigenvalue weighted by Gasteiger charge is -2.35. The largest absolute Gasteiger partial charge is 0.353 e. The molecule has 7 nitrogen and oxygen atoms in total. The number of pyridine rings is 1. The van der Waals surface area contributed by atoms with Crippen molar-refractivity contribution in [1.82, 2.24) is 19.7 Å². The molecule has 1 amide bonds. The molecule has 1 fully saturated rings. The average molecular weight is 463 g/mol. The van der Waals surface area contributed by atoms with E-state index in [2.05, 4.69) is 25.2 Å². The number of carbonyl (C=O) groups is 1. The van der Waals surface area contributed by atoms with E-state index < -0.39 is 0 Å². The van der Waals surface area contributed by atoms with Crippen molar-refractivity contribution in [3.05, 3.63) is 64.2 Å². The monoisotopic (exact) mass is 462 g/mol. The van der Waals surface area contributed by atoms with Gasteiger partial charge in [-0.15, -0.1) is 0 Å². The maximum absolute atomic E-state index is 13.2. The minimum atomic E-state index is -0.326. The van der Waals surface area contributed by atoms with Gasteiger partial charge in [-0.2, -0.15) is 5.10 Å². The lowest BCUT2D eigenvalue weighted by molar-refractivity contribution is -0.117. The number of aromatic nitrogens is 3. The molecule has 0 unspecified atom stereocenters. The number of aryl methyl sites for hydroxylation is 1. The second kappa shape index (κ2) is 9.21. The highest BCUT2D eigenvalue weighted by molar-refractivity contribution is 6.36. The Kier molecular flexibility index (Phi) is 6.41. The van der Waals surface area contributed by atoms with E-state index >= 15 is 0 Å². The summed E-state index contributed by atoms with van der Waals surface area (Å²) in [5.41, 5.74) is 1.42. The molecule has 3 aromatic rings. The first-order valence-corrected chi connectivity index (χ1v) is 10.6. The summed E-state index contributed by atoms with van der Waals surface area (Å²) in [6, 6.07) is 9.42. The summed E-state index contributed by atoms with van der Waals surface area (Å²) in [4.78, 5) is 21.1. The molecular formula is C21H21Cl2FN6O. The van der Waals surface area contributed by atoms with Crippen molar-refractivity contribution >= 4 is 40.7 Å². The van der Waals surface area contributed by atoms with Crippen LogP contribution in [0.4, 0.5) is 16.0 Å². The molecule has 0 saturated carbocycles. The molecule has 3 heterocycles. The van der Waals surface area contributed by atoms with Crippen LogP contribution < -0.4 is 10.2 Å². The fraction of sp³-hybridized carbons (Fsp3) is 0.286. The standard InChI is InChI=1S/C21H21Cl2FN6O/c1-14-10-19(30(27-14)17-4-2-16(24)3-5-17)26-20(31)13-28-6-8-29(9-7-28)21-18(23)11-15(22)12-25-21/h2-5,10-12H,6-9,13H2,1H3,(H,26,31). The number of nitrogens with zero attached hydrogens (tertiary/aromatic N) is 5. The van der Waals surface area contributed by atoms with E-state index in [0.29, 0.717) is 53.5 Å². The number of benzene rings is 1. The Balaban J connectivity index is 1.36. The molecule has 162 valence electrons. The van der Waals surface area contributed by atoms with Gasteiger partial charge in [0, 0.05) is 38.4 Å². The van der Waals surface area contributed by atoms with Gasteiger partial charge in [0.15, 0.2) is 0 Å². The van der Waals surface area contributed by atoms with Gasteiger partial charge in [0.1, 0.15) is 17.5 Å². The summed E-state index contributed by atoms with van der Waals surface area (Å²) in [6.45, 7) is 4.89. The van der Waals surface area contributed by atoms with E-state index in [1.165, 1.54) is 12.1 Å². The minimum Gasteiger partial charge on any atom is -0.353 e. The van der Waals surface area contributed by atoms with Crippen LogP contribution in [0.3, 0.4) is 0 Å². The van der Waals surface area contributed by atoms with Gasteiger partial charge in [-0.1, -0.05) is 23.2 Å². The first-order chi connectivity index (χ1) is 14.9. The van der Waals surface area contributed by atoms with Crippen LogP contribution in [-0.4, -0.2) is 58.3 Å². The van der Waals surface area contributed by atoms with Crippen LogP contribution in [-0.2, 0) is 4.79 Å². The van der Waals surface area contributed by atoms with Gasteiger partial charge < -0.3 is 10.2 Å². The predicted octanol–water partition coefficient (Wildman–Crippen LogP) is 3.78. The number of rotatable bonds is 5. The normalized spacial score (nSPS) is 14.6. The third kappa shape index (κ3) is 5.15. The van der Waals surface area contributed by atoms with E-state index in [1.54, 1.807) is 35.1 Å². The minimum absolute atomic E-state index is 0.139. The van der Waals surface area contributed by atoms with E-state index in [1.807, 2.05) is 6.92 Å². The summed E-state index contributed by atoms with van der Waals surface area (Å²) >= 11 is 12.2. The second-order valence-electron chi connectivity index (χ2n) is 7.33. The summed E-state index contributed by atoms with van der Waals surface area (Å²) in [5, 5.41) is 8.33. The molecule has 10 heteroatoms. The highest BCUT2D eigenvalue weighted by atomic mass is 35.5. The van der Waals surface area contributed by atoms with Crippen molar-refractivity contribution in [2.75, 3.05) is 42.9 Å². The van der Waals surface area contributed by atoms with Crippen LogP contribution in [0.2, 0.25) is 10.0 Å². The average Bonchev–Trinajstić information content (AvgIpc) is 3.09. The number of piperazine rings is 1. The lowest BCUT2D eigenvalue weighted by Crippen LogP contribution is -2.49.